The zero-order valence-corrected chi connectivity index (χ0v) is 16.2. The predicted molar refractivity (Wildman–Crippen MR) is 105 cm³/mol. The summed E-state index contributed by atoms with van der Waals surface area (Å²) < 4.78 is 16.8. The smallest absolute Gasteiger partial charge is 0.261 e. The molecule has 5 nitrogen and oxygen atoms in total. The van der Waals surface area contributed by atoms with Crippen molar-refractivity contribution >= 4 is 5.91 Å². The molecule has 1 unspecified atom stereocenters. The van der Waals surface area contributed by atoms with E-state index in [-0.39, 0.29) is 5.91 Å². The number of hydrogen-bond acceptors (Lipinski definition) is 4. The summed E-state index contributed by atoms with van der Waals surface area (Å²) in [5, 5.41) is 0. The number of hydrogen-bond donors (Lipinski definition) is 0. The predicted octanol–water partition coefficient (Wildman–Crippen LogP) is 3.94. The van der Waals surface area contributed by atoms with Crippen LogP contribution in [0.4, 0.5) is 0 Å². The number of rotatable bonds is 6. The number of para-hydroxylation sites is 1. The molecule has 1 amide bonds. The second-order valence-electron chi connectivity index (χ2n) is 6.87. The number of carbonyl (C=O) groups is 1. The van der Waals surface area contributed by atoms with Gasteiger partial charge in [0.2, 0.25) is 0 Å². The van der Waals surface area contributed by atoms with Crippen LogP contribution >= 0.6 is 0 Å². The van der Waals surface area contributed by atoms with E-state index in [4.69, 9.17) is 14.2 Å². The first-order valence-electron chi connectivity index (χ1n) is 9.32. The molecule has 1 aliphatic heterocycles. The van der Waals surface area contributed by atoms with Crippen molar-refractivity contribution in [2.75, 3.05) is 33.9 Å². The number of piperidine rings is 1. The molecule has 1 heterocycles. The number of ether oxygens (including phenoxy) is 3. The van der Waals surface area contributed by atoms with E-state index >= 15 is 0 Å². The minimum Gasteiger partial charge on any atom is -0.496 e. The van der Waals surface area contributed by atoms with Crippen LogP contribution in [0.2, 0.25) is 0 Å². The fourth-order valence-electron chi connectivity index (χ4n) is 3.53. The molecule has 27 heavy (non-hydrogen) atoms. The van der Waals surface area contributed by atoms with Crippen LogP contribution in [-0.4, -0.2) is 44.7 Å². The SMILES string of the molecule is COc1cccc(OC)c1C(=O)N1CCCC(COc2ccccc2C)C1. The van der Waals surface area contributed by atoms with Gasteiger partial charge >= 0.3 is 0 Å². The Balaban J connectivity index is 1.69. The number of carbonyl (C=O) groups excluding carboxylic acids is 1. The standard InChI is InChI=1S/C22H27NO4/c1-16-8-4-5-10-18(16)27-15-17-9-7-13-23(14-17)22(24)21-19(25-2)11-6-12-20(21)26-3/h4-6,8,10-12,17H,7,9,13-15H2,1-3H3. The Hall–Kier alpha value is -2.69. The van der Waals surface area contributed by atoms with E-state index in [0.29, 0.717) is 36.1 Å². The normalized spacial score (nSPS) is 16.7. The van der Waals surface area contributed by atoms with Crippen LogP contribution < -0.4 is 14.2 Å². The second kappa shape index (κ2) is 8.80. The molecule has 2 aromatic rings. The summed E-state index contributed by atoms with van der Waals surface area (Å²) in [5.74, 6) is 2.25. The molecule has 0 spiro atoms. The summed E-state index contributed by atoms with van der Waals surface area (Å²) >= 11 is 0. The molecule has 3 rings (SSSR count). The molecular formula is C22H27NO4. The molecule has 0 bridgehead atoms. The summed E-state index contributed by atoms with van der Waals surface area (Å²) in [7, 11) is 3.14. The highest BCUT2D eigenvalue weighted by Gasteiger charge is 2.28. The van der Waals surface area contributed by atoms with Crippen molar-refractivity contribution in [2.24, 2.45) is 5.92 Å². The van der Waals surface area contributed by atoms with Gasteiger partial charge in [-0.2, -0.15) is 0 Å². The summed E-state index contributed by atoms with van der Waals surface area (Å²) in [4.78, 5) is 15.0. The Morgan fingerprint density at radius 2 is 1.70 bits per heavy atom. The van der Waals surface area contributed by atoms with Gasteiger partial charge in [0, 0.05) is 19.0 Å². The molecule has 0 saturated carbocycles. The van der Waals surface area contributed by atoms with Gasteiger partial charge in [-0.1, -0.05) is 24.3 Å². The van der Waals surface area contributed by atoms with E-state index in [9.17, 15) is 4.79 Å². The van der Waals surface area contributed by atoms with E-state index < -0.39 is 0 Å². The maximum Gasteiger partial charge on any atom is 0.261 e. The average molecular weight is 369 g/mol. The van der Waals surface area contributed by atoms with Crippen molar-refractivity contribution < 1.29 is 19.0 Å². The molecule has 1 fully saturated rings. The van der Waals surface area contributed by atoms with Crippen LogP contribution in [0, 0.1) is 12.8 Å². The monoisotopic (exact) mass is 369 g/mol. The van der Waals surface area contributed by atoms with E-state index in [2.05, 4.69) is 0 Å². The van der Waals surface area contributed by atoms with E-state index in [1.807, 2.05) is 42.2 Å². The van der Waals surface area contributed by atoms with Crippen LogP contribution in [0.15, 0.2) is 42.5 Å². The van der Waals surface area contributed by atoms with Gasteiger partial charge in [-0.05, 0) is 43.5 Å². The number of nitrogens with zero attached hydrogens (tertiary/aromatic N) is 1. The average Bonchev–Trinajstić information content (AvgIpc) is 2.72. The van der Waals surface area contributed by atoms with Crippen molar-refractivity contribution in [2.45, 2.75) is 19.8 Å². The highest BCUT2D eigenvalue weighted by Crippen LogP contribution is 2.31. The third-order valence-corrected chi connectivity index (χ3v) is 5.02. The van der Waals surface area contributed by atoms with Crippen molar-refractivity contribution in [1.29, 1.82) is 0 Å². The molecule has 0 aliphatic carbocycles. The molecule has 0 aromatic heterocycles. The minimum atomic E-state index is -0.0510. The molecular weight excluding hydrogens is 342 g/mol. The van der Waals surface area contributed by atoms with E-state index in [0.717, 1.165) is 30.7 Å². The number of aryl methyl sites for hydroxylation is 1. The molecule has 5 heteroatoms. The van der Waals surface area contributed by atoms with Crippen molar-refractivity contribution in [3.8, 4) is 17.2 Å². The minimum absolute atomic E-state index is 0.0510. The Bertz CT molecular complexity index is 767. The summed E-state index contributed by atoms with van der Waals surface area (Å²) in [6.45, 7) is 4.06. The lowest BCUT2D eigenvalue weighted by Crippen LogP contribution is -2.41. The maximum absolute atomic E-state index is 13.2. The third kappa shape index (κ3) is 4.35. The molecule has 2 aromatic carbocycles. The Morgan fingerprint density at radius 3 is 2.37 bits per heavy atom. The van der Waals surface area contributed by atoms with Gasteiger partial charge in [-0.3, -0.25) is 4.79 Å². The first-order chi connectivity index (χ1) is 13.1. The fourth-order valence-corrected chi connectivity index (χ4v) is 3.53. The van der Waals surface area contributed by atoms with Crippen LogP contribution in [0.5, 0.6) is 17.2 Å². The molecule has 0 N–H and O–H groups in total. The van der Waals surface area contributed by atoms with Crippen LogP contribution in [-0.2, 0) is 0 Å². The largest absolute Gasteiger partial charge is 0.496 e. The quantitative estimate of drug-likeness (QED) is 0.774. The maximum atomic E-state index is 13.2. The van der Waals surface area contributed by atoms with Gasteiger partial charge in [-0.25, -0.2) is 0 Å². The van der Waals surface area contributed by atoms with Gasteiger partial charge in [-0.15, -0.1) is 0 Å². The van der Waals surface area contributed by atoms with Crippen molar-refractivity contribution in [3.63, 3.8) is 0 Å². The lowest BCUT2D eigenvalue weighted by Gasteiger charge is -2.33. The first-order valence-corrected chi connectivity index (χ1v) is 9.32. The molecule has 0 radical (unpaired) electrons. The summed E-state index contributed by atoms with van der Waals surface area (Å²) in [5.41, 5.74) is 1.61. The second-order valence-corrected chi connectivity index (χ2v) is 6.87. The highest BCUT2D eigenvalue weighted by molar-refractivity contribution is 5.99. The zero-order chi connectivity index (χ0) is 19.2. The van der Waals surface area contributed by atoms with Crippen molar-refractivity contribution in [1.82, 2.24) is 4.90 Å². The Morgan fingerprint density at radius 1 is 1.04 bits per heavy atom. The van der Waals surface area contributed by atoms with Gasteiger partial charge in [0.25, 0.3) is 5.91 Å². The van der Waals surface area contributed by atoms with Crippen molar-refractivity contribution in [3.05, 3.63) is 53.6 Å². The van der Waals surface area contributed by atoms with E-state index in [1.165, 1.54) is 0 Å². The third-order valence-electron chi connectivity index (χ3n) is 5.02. The highest BCUT2D eigenvalue weighted by atomic mass is 16.5. The molecule has 1 aliphatic rings. The summed E-state index contributed by atoms with van der Waals surface area (Å²) in [6.07, 6.45) is 2.02. The van der Waals surface area contributed by atoms with Crippen LogP contribution in [0.25, 0.3) is 0 Å². The van der Waals surface area contributed by atoms with Crippen LogP contribution in [0.3, 0.4) is 0 Å². The molecule has 1 atom stereocenters. The number of likely N-dealkylation sites (tertiary alicyclic amines) is 1. The molecule has 144 valence electrons. The van der Waals surface area contributed by atoms with Gasteiger partial charge < -0.3 is 19.1 Å². The number of methoxy groups -OCH3 is 2. The summed E-state index contributed by atoms with van der Waals surface area (Å²) in [6, 6.07) is 13.4. The van der Waals surface area contributed by atoms with Gasteiger partial charge in [0.15, 0.2) is 0 Å². The number of benzene rings is 2. The number of amides is 1. The van der Waals surface area contributed by atoms with Crippen LogP contribution in [0.1, 0.15) is 28.8 Å². The fraction of sp³-hybridized carbons (Fsp3) is 0.409. The topological polar surface area (TPSA) is 48.0 Å². The molecule has 1 saturated heterocycles. The first kappa shape index (κ1) is 19.1. The lowest BCUT2D eigenvalue weighted by atomic mass is 9.98. The lowest BCUT2D eigenvalue weighted by molar-refractivity contribution is 0.0626. The Kier molecular flexibility index (Phi) is 6.22. The Labute approximate surface area is 160 Å². The van der Waals surface area contributed by atoms with E-state index in [1.54, 1.807) is 26.4 Å². The van der Waals surface area contributed by atoms with Gasteiger partial charge in [0.05, 0.1) is 20.8 Å². The zero-order valence-electron chi connectivity index (χ0n) is 16.2. The van der Waals surface area contributed by atoms with Gasteiger partial charge in [0.1, 0.15) is 22.8 Å².